The summed E-state index contributed by atoms with van der Waals surface area (Å²) in [5, 5.41) is 15.2. The number of amides is 2. The van der Waals surface area contributed by atoms with Crippen molar-refractivity contribution in [2.24, 2.45) is 5.73 Å². The number of phenolic OH excluding ortho intramolecular Hbond substituents is 1. The van der Waals surface area contributed by atoms with Crippen molar-refractivity contribution in [3.63, 3.8) is 0 Å². The molecule has 0 saturated heterocycles. The standard InChI is InChI=1S/C26H45N3O3/c27-20-11-7-8-12-21-28-25(31)13-9-5-3-1-2-4-6-10-14-26(32)29-22-19-23-15-17-24(30)18-16-23/h15-18,30H,1-14,19-22,27H2,(H,28,31)(H,29,32). The fraction of sp³-hybridized carbons (Fsp3) is 0.692. The van der Waals surface area contributed by atoms with Gasteiger partial charge in [-0.25, -0.2) is 0 Å². The molecule has 1 rings (SSSR count). The number of carbonyl (C=O) groups excluding carboxylic acids is 2. The van der Waals surface area contributed by atoms with Crippen molar-refractivity contribution >= 4 is 11.8 Å². The lowest BCUT2D eigenvalue weighted by Gasteiger charge is -2.06. The number of carbonyl (C=O) groups is 2. The van der Waals surface area contributed by atoms with E-state index < -0.39 is 0 Å². The van der Waals surface area contributed by atoms with Crippen molar-refractivity contribution in [1.82, 2.24) is 10.6 Å². The zero-order chi connectivity index (χ0) is 23.3. The molecule has 1 aromatic carbocycles. The van der Waals surface area contributed by atoms with Crippen molar-refractivity contribution in [2.45, 2.75) is 96.3 Å². The summed E-state index contributed by atoms with van der Waals surface area (Å²) in [6, 6.07) is 7.09. The number of hydrogen-bond donors (Lipinski definition) is 4. The first-order chi connectivity index (χ1) is 15.6. The molecule has 32 heavy (non-hydrogen) atoms. The molecule has 182 valence electrons. The molecule has 0 heterocycles. The maximum Gasteiger partial charge on any atom is 0.220 e. The highest BCUT2D eigenvalue weighted by Gasteiger charge is 2.02. The molecule has 0 aliphatic heterocycles. The zero-order valence-electron chi connectivity index (χ0n) is 19.9. The summed E-state index contributed by atoms with van der Waals surface area (Å²) < 4.78 is 0. The van der Waals surface area contributed by atoms with Gasteiger partial charge in [0.15, 0.2) is 0 Å². The maximum atomic E-state index is 11.9. The summed E-state index contributed by atoms with van der Waals surface area (Å²) in [7, 11) is 0. The Morgan fingerprint density at radius 3 is 1.69 bits per heavy atom. The Morgan fingerprint density at radius 2 is 1.12 bits per heavy atom. The second-order valence-electron chi connectivity index (χ2n) is 8.65. The molecule has 0 atom stereocenters. The number of unbranched alkanes of at least 4 members (excludes halogenated alkanes) is 10. The van der Waals surface area contributed by atoms with Crippen LogP contribution in [0.4, 0.5) is 0 Å². The Labute approximate surface area is 194 Å². The minimum atomic E-state index is 0.123. The van der Waals surface area contributed by atoms with Crippen LogP contribution in [0.2, 0.25) is 0 Å². The van der Waals surface area contributed by atoms with Crippen LogP contribution in [0.1, 0.15) is 95.5 Å². The second kappa shape index (κ2) is 19.6. The van der Waals surface area contributed by atoms with Crippen LogP contribution in [0.15, 0.2) is 24.3 Å². The Kier molecular flexibility index (Phi) is 17.1. The fourth-order valence-corrected chi connectivity index (χ4v) is 3.67. The molecule has 0 aliphatic carbocycles. The first-order valence-corrected chi connectivity index (χ1v) is 12.6. The molecular formula is C26H45N3O3. The third kappa shape index (κ3) is 16.6. The van der Waals surface area contributed by atoms with Gasteiger partial charge in [-0.15, -0.1) is 0 Å². The normalized spacial score (nSPS) is 10.8. The molecule has 2 amide bonds. The minimum absolute atomic E-state index is 0.123. The predicted molar refractivity (Wildman–Crippen MR) is 132 cm³/mol. The van der Waals surface area contributed by atoms with E-state index >= 15 is 0 Å². The largest absolute Gasteiger partial charge is 0.508 e. The zero-order valence-corrected chi connectivity index (χ0v) is 19.9. The average molecular weight is 448 g/mol. The molecule has 6 heteroatoms. The van der Waals surface area contributed by atoms with Gasteiger partial charge in [-0.2, -0.15) is 0 Å². The monoisotopic (exact) mass is 447 g/mol. The summed E-state index contributed by atoms with van der Waals surface area (Å²) in [6.45, 7) is 2.18. The minimum Gasteiger partial charge on any atom is -0.508 e. The van der Waals surface area contributed by atoms with Crippen molar-refractivity contribution in [1.29, 1.82) is 0 Å². The van der Waals surface area contributed by atoms with Crippen LogP contribution >= 0.6 is 0 Å². The van der Waals surface area contributed by atoms with Crippen LogP contribution in [0.25, 0.3) is 0 Å². The Bertz CT molecular complexity index is 605. The van der Waals surface area contributed by atoms with Gasteiger partial charge in [0, 0.05) is 25.9 Å². The van der Waals surface area contributed by atoms with Gasteiger partial charge in [0.05, 0.1) is 0 Å². The summed E-state index contributed by atoms with van der Waals surface area (Å²) in [4.78, 5) is 23.7. The van der Waals surface area contributed by atoms with E-state index in [9.17, 15) is 14.7 Å². The Morgan fingerprint density at radius 1 is 0.656 bits per heavy atom. The highest BCUT2D eigenvalue weighted by Crippen LogP contribution is 2.11. The van der Waals surface area contributed by atoms with Crippen LogP contribution in [0, 0.1) is 0 Å². The van der Waals surface area contributed by atoms with Gasteiger partial charge in [0.25, 0.3) is 0 Å². The lowest BCUT2D eigenvalue weighted by molar-refractivity contribution is -0.122. The molecule has 0 saturated carbocycles. The van der Waals surface area contributed by atoms with Gasteiger partial charge < -0.3 is 21.5 Å². The predicted octanol–water partition coefficient (Wildman–Crippen LogP) is 4.59. The molecule has 0 unspecified atom stereocenters. The Balaban J connectivity index is 1.82. The van der Waals surface area contributed by atoms with Crippen molar-refractivity contribution < 1.29 is 14.7 Å². The van der Waals surface area contributed by atoms with Crippen molar-refractivity contribution in [2.75, 3.05) is 19.6 Å². The molecule has 0 spiro atoms. The molecule has 0 fully saturated rings. The molecule has 5 N–H and O–H groups in total. The number of phenols is 1. The van der Waals surface area contributed by atoms with Crippen LogP contribution in [-0.4, -0.2) is 36.6 Å². The lowest BCUT2D eigenvalue weighted by atomic mass is 10.1. The van der Waals surface area contributed by atoms with Gasteiger partial charge in [-0.05, 0) is 56.3 Å². The first-order valence-electron chi connectivity index (χ1n) is 12.6. The highest BCUT2D eigenvalue weighted by atomic mass is 16.3. The van der Waals surface area contributed by atoms with Gasteiger partial charge in [0.1, 0.15) is 5.75 Å². The summed E-state index contributed by atoms with van der Waals surface area (Å²) in [5.41, 5.74) is 6.57. The third-order valence-corrected chi connectivity index (χ3v) is 5.68. The third-order valence-electron chi connectivity index (χ3n) is 5.68. The van der Waals surface area contributed by atoms with Gasteiger partial charge in [-0.3, -0.25) is 9.59 Å². The van der Waals surface area contributed by atoms with Crippen LogP contribution in [-0.2, 0) is 16.0 Å². The van der Waals surface area contributed by atoms with Crippen LogP contribution in [0.5, 0.6) is 5.75 Å². The second-order valence-corrected chi connectivity index (χ2v) is 8.65. The number of nitrogens with two attached hydrogens (primary N) is 1. The van der Waals surface area contributed by atoms with Crippen LogP contribution in [0.3, 0.4) is 0 Å². The van der Waals surface area contributed by atoms with E-state index in [0.717, 1.165) is 76.4 Å². The van der Waals surface area contributed by atoms with Gasteiger partial charge in [-0.1, -0.05) is 63.5 Å². The molecule has 6 nitrogen and oxygen atoms in total. The van der Waals surface area contributed by atoms with Crippen LogP contribution < -0.4 is 16.4 Å². The topological polar surface area (TPSA) is 104 Å². The smallest absolute Gasteiger partial charge is 0.220 e. The SMILES string of the molecule is NCCCCCCNC(=O)CCCCCCCCCCC(=O)NCCc1ccc(O)cc1. The average Bonchev–Trinajstić information content (AvgIpc) is 2.78. The van der Waals surface area contributed by atoms with E-state index in [1.807, 2.05) is 12.1 Å². The maximum absolute atomic E-state index is 11.9. The van der Waals surface area contributed by atoms with E-state index in [4.69, 9.17) is 5.73 Å². The summed E-state index contributed by atoms with van der Waals surface area (Å²) in [5.74, 6) is 0.573. The molecule has 1 aromatic rings. The van der Waals surface area contributed by atoms with Gasteiger partial charge >= 0.3 is 0 Å². The molecule has 0 aliphatic rings. The molecule has 0 bridgehead atoms. The quantitative estimate of drug-likeness (QED) is 0.219. The van der Waals surface area contributed by atoms with Crippen molar-refractivity contribution in [3.05, 3.63) is 29.8 Å². The number of hydrogen-bond acceptors (Lipinski definition) is 4. The number of nitrogens with one attached hydrogen (secondary N) is 2. The van der Waals surface area contributed by atoms with Gasteiger partial charge in [0.2, 0.25) is 11.8 Å². The Hall–Kier alpha value is -2.08. The summed E-state index contributed by atoms with van der Waals surface area (Å²) >= 11 is 0. The number of aromatic hydroxyl groups is 1. The highest BCUT2D eigenvalue weighted by molar-refractivity contribution is 5.76. The van der Waals surface area contributed by atoms with E-state index in [1.165, 1.54) is 25.7 Å². The number of benzene rings is 1. The first kappa shape index (κ1) is 28.0. The summed E-state index contributed by atoms with van der Waals surface area (Å²) in [6.07, 6.45) is 15.3. The fourth-order valence-electron chi connectivity index (χ4n) is 3.67. The van der Waals surface area contributed by atoms with E-state index in [-0.39, 0.29) is 17.6 Å². The van der Waals surface area contributed by atoms with E-state index in [2.05, 4.69) is 10.6 Å². The molecule has 0 radical (unpaired) electrons. The molecule has 0 aromatic heterocycles. The number of rotatable bonds is 20. The molecular weight excluding hydrogens is 402 g/mol. The lowest BCUT2D eigenvalue weighted by Crippen LogP contribution is -2.25. The van der Waals surface area contributed by atoms with Crippen molar-refractivity contribution in [3.8, 4) is 5.75 Å². The van der Waals surface area contributed by atoms with E-state index in [1.54, 1.807) is 12.1 Å². The van der Waals surface area contributed by atoms with E-state index in [0.29, 0.717) is 19.4 Å².